The minimum atomic E-state index is -0.0928. The predicted octanol–water partition coefficient (Wildman–Crippen LogP) is 3.67. The van der Waals surface area contributed by atoms with Crippen molar-refractivity contribution in [2.24, 2.45) is 17.1 Å². The lowest BCUT2D eigenvalue weighted by atomic mass is 9.80. The highest BCUT2D eigenvalue weighted by Crippen LogP contribution is 2.55. The maximum atomic E-state index is 6.46. The largest absolute Gasteiger partial charge is 0.497 e. The predicted molar refractivity (Wildman–Crippen MR) is 80.1 cm³/mol. The molecule has 0 bridgehead atoms. The van der Waals surface area contributed by atoms with Gasteiger partial charge in [0.1, 0.15) is 17.1 Å². The van der Waals surface area contributed by atoms with Crippen molar-refractivity contribution in [3.8, 4) is 11.5 Å². The molecular formula is C17H25NO2. The fourth-order valence-electron chi connectivity index (χ4n) is 4.26. The average Bonchev–Trinajstić information content (AvgIpc) is 2.58. The van der Waals surface area contributed by atoms with Crippen molar-refractivity contribution in [1.29, 1.82) is 0 Å². The lowest BCUT2D eigenvalue weighted by Gasteiger charge is -2.42. The monoisotopic (exact) mass is 275 g/mol. The first-order valence-electron chi connectivity index (χ1n) is 7.48. The van der Waals surface area contributed by atoms with E-state index in [0.717, 1.165) is 29.9 Å². The Morgan fingerprint density at radius 3 is 2.65 bits per heavy atom. The van der Waals surface area contributed by atoms with E-state index in [1.165, 1.54) is 6.42 Å². The number of hydrogen-bond acceptors (Lipinski definition) is 3. The van der Waals surface area contributed by atoms with Crippen LogP contribution in [-0.2, 0) is 0 Å². The van der Waals surface area contributed by atoms with Crippen LogP contribution in [0.2, 0.25) is 0 Å². The molecule has 3 rings (SSSR count). The minimum Gasteiger partial charge on any atom is -0.497 e. The summed E-state index contributed by atoms with van der Waals surface area (Å²) >= 11 is 0. The smallest absolute Gasteiger partial charge is 0.125 e. The van der Waals surface area contributed by atoms with Gasteiger partial charge in [0, 0.05) is 18.0 Å². The molecule has 1 aliphatic carbocycles. The van der Waals surface area contributed by atoms with Gasteiger partial charge in [-0.25, -0.2) is 0 Å². The van der Waals surface area contributed by atoms with Crippen LogP contribution in [0.5, 0.6) is 11.5 Å². The molecule has 1 saturated carbocycles. The zero-order chi connectivity index (χ0) is 14.5. The second kappa shape index (κ2) is 4.39. The number of rotatable bonds is 1. The second-order valence-corrected chi connectivity index (χ2v) is 7.33. The summed E-state index contributed by atoms with van der Waals surface area (Å²) in [7, 11) is 1.68. The van der Waals surface area contributed by atoms with Crippen LogP contribution in [0.3, 0.4) is 0 Å². The third kappa shape index (κ3) is 2.08. The fourth-order valence-corrected chi connectivity index (χ4v) is 4.26. The van der Waals surface area contributed by atoms with Crippen molar-refractivity contribution < 1.29 is 9.47 Å². The van der Waals surface area contributed by atoms with Gasteiger partial charge in [0.2, 0.25) is 0 Å². The minimum absolute atomic E-state index is 0.0326. The van der Waals surface area contributed by atoms with E-state index < -0.39 is 0 Å². The van der Waals surface area contributed by atoms with Gasteiger partial charge >= 0.3 is 0 Å². The Labute approximate surface area is 121 Å². The van der Waals surface area contributed by atoms with Gasteiger partial charge in [0.05, 0.1) is 7.11 Å². The zero-order valence-corrected chi connectivity index (χ0v) is 12.9. The van der Waals surface area contributed by atoms with Crippen LogP contribution < -0.4 is 15.2 Å². The van der Waals surface area contributed by atoms with Crippen LogP contribution in [0.15, 0.2) is 18.2 Å². The molecule has 3 heteroatoms. The van der Waals surface area contributed by atoms with Gasteiger partial charge in [-0.2, -0.15) is 0 Å². The molecule has 1 aromatic rings. The Bertz CT molecular complexity index is 526. The van der Waals surface area contributed by atoms with Crippen LogP contribution in [0.4, 0.5) is 0 Å². The van der Waals surface area contributed by atoms with Gasteiger partial charge in [-0.1, -0.05) is 20.8 Å². The molecule has 2 N–H and O–H groups in total. The fraction of sp³-hybridized carbons (Fsp3) is 0.647. The van der Waals surface area contributed by atoms with Crippen LogP contribution in [0.1, 0.15) is 51.6 Å². The first kappa shape index (κ1) is 13.7. The molecule has 1 spiro atoms. The standard InChI is InChI=1S/C17H25NO2/c1-11-8-16(2,3)10-17(11)9-14(18)13-7-12(19-4)5-6-15(13)20-17/h5-7,11,14H,8-10,18H2,1-4H3/t11?,14-,17?/m1/s1. The molecule has 110 valence electrons. The van der Waals surface area contributed by atoms with Crippen molar-refractivity contribution in [1.82, 2.24) is 0 Å². The molecule has 20 heavy (non-hydrogen) atoms. The lowest BCUT2D eigenvalue weighted by Crippen LogP contribution is -2.45. The van der Waals surface area contributed by atoms with Gasteiger partial charge in [0.25, 0.3) is 0 Å². The van der Waals surface area contributed by atoms with Crippen molar-refractivity contribution in [2.45, 2.75) is 51.7 Å². The van der Waals surface area contributed by atoms with Crippen molar-refractivity contribution >= 4 is 0 Å². The molecule has 1 aromatic carbocycles. The van der Waals surface area contributed by atoms with Gasteiger partial charge < -0.3 is 15.2 Å². The van der Waals surface area contributed by atoms with E-state index in [0.29, 0.717) is 11.3 Å². The van der Waals surface area contributed by atoms with Gasteiger partial charge in [-0.15, -0.1) is 0 Å². The van der Waals surface area contributed by atoms with Gasteiger partial charge in [-0.05, 0) is 42.4 Å². The Morgan fingerprint density at radius 1 is 1.30 bits per heavy atom. The summed E-state index contributed by atoms with van der Waals surface area (Å²) < 4.78 is 11.8. The van der Waals surface area contributed by atoms with E-state index in [1.807, 2.05) is 18.2 Å². The van der Waals surface area contributed by atoms with Crippen LogP contribution in [-0.4, -0.2) is 12.7 Å². The molecule has 0 aromatic heterocycles. The van der Waals surface area contributed by atoms with Gasteiger partial charge in [0.15, 0.2) is 0 Å². The van der Waals surface area contributed by atoms with E-state index in [1.54, 1.807) is 7.11 Å². The number of hydrogen-bond donors (Lipinski definition) is 1. The van der Waals surface area contributed by atoms with E-state index in [2.05, 4.69) is 20.8 Å². The summed E-state index contributed by atoms with van der Waals surface area (Å²) in [5.41, 5.74) is 7.76. The van der Waals surface area contributed by atoms with E-state index in [-0.39, 0.29) is 11.6 Å². The molecule has 3 atom stereocenters. The zero-order valence-electron chi connectivity index (χ0n) is 12.9. The first-order chi connectivity index (χ1) is 9.35. The molecule has 0 saturated heterocycles. The number of nitrogens with two attached hydrogens (primary N) is 1. The molecule has 0 amide bonds. The van der Waals surface area contributed by atoms with Crippen LogP contribution in [0, 0.1) is 11.3 Å². The molecule has 1 aliphatic heterocycles. The Balaban J connectivity index is 1.97. The summed E-state index contributed by atoms with van der Waals surface area (Å²) in [5, 5.41) is 0. The van der Waals surface area contributed by atoms with Crippen LogP contribution in [0.25, 0.3) is 0 Å². The topological polar surface area (TPSA) is 44.5 Å². The Morgan fingerprint density at radius 2 is 2.05 bits per heavy atom. The second-order valence-electron chi connectivity index (χ2n) is 7.33. The summed E-state index contributed by atoms with van der Waals surface area (Å²) in [4.78, 5) is 0. The van der Waals surface area contributed by atoms with Crippen molar-refractivity contribution in [2.75, 3.05) is 7.11 Å². The first-order valence-corrected chi connectivity index (χ1v) is 7.48. The Kier molecular flexibility index (Phi) is 3.02. The number of ether oxygens (including phenoxy) is 2. The molecule has 2 aliphatic rings. The normalized spacial score (nSPS) is 34.6. The highest BCUT2D eigenvalue weighted by molar-refractivity contribution is 5.44. The SMILES string of the molecule is COc1ccc2c(c1)[C@H](N)CC1(CC(C)(C)CC1C)O2. The molecule has 1 heterocycles. The third-order valence-electron chi connectivity index (χ3n) is 5.03. The quantitative estimate of drug-likeness (QED) is 0.850. The summed E-state index contributed by atoms with van der Waals surface area (Å²) in [6.07, 6.45) is 3.18. The molecule has 0 radical (unpaired) electrons. The maximum absolute atomic E-state index is 6.46. The lowest BCUT2D eigenvalue weighted by molar-refractivity contribution is 0.00173. The number of fused-ring (bicyclic) bond motifs is 1. The average molecular weight is 275 g/mol. The third-order valence-corrected chi connectivity index (χ3v) is 5.03. The summed E-state index contributed by atoms with van der Waals surface area (Å²) in [6.45, 7) is 6.96. The highest BCUT2D eigenvalue weighted by atomic mass is 16.5. The number of benzene rings is 1. The van der Waals surface area contributed by atoms with Crippen molar-refractivity contribution in [3.05, 3.63) is 23.8 Å². The highest BCUT2D eigenvalue weighted by Gasteiger charge is 2.53. The summed E-state index contributed by atoms with van der Waals surface area (Å²) in [6, 6.07) is 6.00. The van der Waals surface area contributed by atoms with Crippen molar-refractivity contribution in [3.63, 3.8) is 0 Å². The Hall–Kier alpha value is -1.22. The molecular weight excluding hydrogens is 250 g/mol. The van der Waals surface area contributed by atoms with E-state index in [9.17, 15) is 0 Å². The molecule has 3 nitrogen and oxygen atoms in total. The van der Waals surface area contributed by atoms with Gasteiger partial charge in [-0.3, -0.25) is 0 Å². The van der Waals surface area contributed by atoms with E-state index in [4.69, 9.17) is 15.2 Å². The molecule has 2 unspecified atom stereocenters. The molecule has 1 fully saturated rings. The number of methoxy groups -OCH3 is 1. The van der Waals surface area contributed by atoms with E-state index >= 15 is 0 Å². The maximum Gasteiger partial charge on any atom is 0.125 e. The summed E-state index contributed by atoms with van der Waals surface area (Å²) in [5.74, 6) is 2.33. The van der Waals surface area contributed by atoms with Crippen LogP contribution >= 0.6 is 0 Å².